The third-order valence-electron chi connectivity index (χ3n) is 5.98. The number of aliphatic imine (C=N–C) groups is 1. The number of amidine groups is 1. The van der Waals surface area contributed by atoms with Crippen LogP contribution < -0.4 is 20.8 Å². The van der Waals surface area contributed by atoms with E-state index in [1.165, 1.54) is 17.7 Å². The molecule has 0 amide bonds. The molecule has 33 heavy (non-hydrogen) atoms. The zero-order valence-electron chi connectivity index (χ0n) is 19.7. The summed E-state index contributed by atoms with van der Waals surface area (Å²) in [6.45, 7) is 7.37. The molecule has 0 saturated carbocycles. The molecule has 2 aromatic carbocycles. The van der Waals surface area contributed by atoms with Crippen LogP contribution in [0.1, 0.15) is 32.3 Å². The van der Waals surface area contributed by atoms with Gasteiger partial charge < -0.3 is 15.8 Å². The Hall–Kier alpha value is -3.06. The van der Waals surface area contributed by atoms with Gasteiger partial charge in [-0.1, -0.05) is 13.0 Å². The maximum absolute atomic E-state index is 13.5. The van der Waals surface area contributed by atoms with Gasteiger partial charge in [0, 0.05) is 32.2 Å². The summed E-state index contributed by atoms with van der Waals surface area (Å²) in [5.74, 6) is 1.97. The van der Waals surface area contributed by atoms with E-state index in [-0.39, 0.29) is 11.9 Å². The van der Waals surface area contributed by atoms with Gasteiger partial charge in [-0.25, -0.2) is 4.39 Å². The average Bonchev–Trinajstić information content (AvgIpc) is 2.98. The van der Waals surface area contributed by atoms with Crippen molar-refractivity contribution in [1.82, 2.24) is 5.01 Å². The Morgan fingerprint density at radius 1 is 1.24 bits per heavy atom. The fourth-order valence-corrected chi connectivity index (χ4v) is 4.33. The van der Waals surface area contributed by atoms with E-state index in [1.807, 2.05) is 31.2 Å². The zero-order valence-corrected chi connectivity index (χ0v) is 19.7. The van der Waals surface area contributed by atoms with E-state index in [2.05, 4.69) is 34.4 Å². The number of anilines is 2. The molecule has 7 heteroatoms. The van der Waals surface area contributed by atoms with Crippen molar-refractivity contribution in [3.05, 3.63) is 59.4 Å². The summed E-state index contributed by atoms with van der Waals surface area (Å²) >= 11 is 0. The van der Waals surface area contributed by atoms with Crippen molar-refractivity contribution in [1.29, 1.82) is 0 Å². The summed E-state index contributed by atoms with van der Waals surface area (Å²) in [5.41, 5.74) is 10.1. The molecule has 3 N–H and O–H groups in total. The standard InChI is InChI=1S/C26H34FN5O/c1-18-15-30-26-21(13-20-6-11-24(25(14-20)33-3)29-16-19(2)28)5-4-12-31(26)32(17-18)23-9-7-22(27)8-10-23/h6-11,13-14,18-19,29H,4-5,12,15-17,28H2,1-3H3/b21-13+. The van der Waals surface area contributed by atoms with Crippen molar-refractivity contribution in [3.8, 4) is 5.75 Å². The summed E-state index contributed by atoms with van der Waals surface area (Å²) in [6, 6.07) is 13.0. The minimum atomic E-state index is -0.220. The van der Waals surface area contributed by atoms with Crippen LogP contribution in [0, 0.1) is 11.7 Å². The first-order valence-corrected chi connectivity index (χ1v) is 11.7. The lowest BCUT2D eigenvalue weighted by atomic mass is 10.0. The first-order chi connectivity index (χ1) is 15.9. The Balaban J connectivity index is 1.64. The van der Waals surface area contributed by atoms with Crippen molar-refractivity contribution < 1.29 is 9.13 Å². The minimum absolute atomic E-state index is 0.0596. The van der Waals surface area contributed by atoms with Gasteiger partial charge in [0.25, 0.3) is 0 Å². The van der Waals surface area contributed by atoms with Crippen LogP contribution in [-0.2, 0) is 0 Å². The normalized spacial score (nSPS) is 20.7. The molecule has 2 unspecified atom stereocenters. The number of hydrogen-bond acceptors (Lipinski definition) is 6. The molecule has 0 bridgehead atoms. The molecule has 0 spiro atoms. The van der Waals surface area contributed by atoms with Crippen molar-refractivity contribution in [3.63, 3.8) is 0 Å². The third kappa shape index (κ3) is 5.47. The van der Waals surface area contributed by atoms with Crippen molar-refractivity contribution >= 4 is 23.3 Å². The maximum Gasteiger partial charge on any atom is 0.145 e. The van der Waals surface area contributed by atoms with Gasteiger partial charge in [0.1, 0.15) is 17.4 Å². The highest BCUT2D eigenvalue weighted by Crippen LogP contribution is 2.31. The van der Waals surface area contributed by atoms with Gasteiger partial charge in [0.2, 0.25) is 0 Å². The van der Waals surface area contributed by atoms with E-state index in [1.54, 1.807) is 7.11 Å². The maximum atomic E-state index is 13.5. The zero-order chi connectivity index (χ0) is 23.4. The van der Waals surface area contributed by atoms with E-state index in [4.69, 9.17) is 15.5 Å². The molecular formula is C26H34FN5O. The Kier molecular flexibility index (Phi) is 7.18. The second-order valence-corrected chi connectivity index (χ2v) is 9.04. The second-order valence-electron chi connectivity index (χ2n) is 9.04. The fraction of sp³-hybridized carbons (Fsp3) is 0.423. The molecule has 2 aromatic rings. The molecular weight excluding hydrogens is 417 g/mol. The molecule has 6 nitrogen and oxygen atoms in total. The first kappa shape index (κ1) is 23.1. The number of methoxy groups -OCH3 is 1. The lowest BCUT2D eigenvalue weighted by molar-refractivity contribution is 0.352. The van der Waals surface area contributed by atoms with E-state index < -0.39 is 0 Å². The lowest BCUT2D eigenvalue weighted by Crippen LogP contribution is -2.50. The van der Waals surface area contributed by atoms with Crippen LogP contribution in [0.25, 0.3) is 6.08 Å². The molecule has 0 radical (unpaired) electrons. The number of rotatable bonds is 6. The minimum Gasteiger partial charge on any atom is -0.495 e. The van der Waals surface area contributed by atoms with Crippen LogP contribution >= 0.6 is 0 Å². The van der Waals surface area contributed by atoms with Crippen LogP contribution in [0.2, 0.25) is 0 Å². The molecule has 1 fully saturated rings. The lowest BCUT2D eigenvalue weighted by Gasteiger charge is -2.41. The molecule has 2 aliphatic heterocycles. The number of ether oxygens (including phenoxy) is 1. The molecule has 0 aliphatic carbocycles. The van der Waals surface area contributed by atoms with Gasteiger partial charge in [-0.2, -0.15) is 0 Å². The number of nitrogens with zero attached hydrogens (tertiary/aromatic N) is 3. The Morgan fingerprint density at radius 2 is 2.03 bits per heavy atom. The highest BCUT2D eigenvalue weighted by molar-refractivity contribution is 6.03. The van der Waals surface area contributed by atoms with E-state index >= 15 is 0 Å². The molecule has 0 aromatic heterocycles. The monoisotopic (exact) mass is 451 g/mol. The van der Waals surface area contributed by atoms with E-state index in [0.717, 1.165) is 61.0 Å². The Bertz CT molecular complexity index is 1020. The molecule has 2 atom stereocenters. The number of nitrogens with two attached hydrogens (primary N) is 1. The van der Waals surface area contributed by atoms with Gasteiger partial charge in [-0.05, 0) is 79.3 Å². The second kappa shape index (κ2) is 10.3. The van der Waals surface area contributed by atoms with E-state index in [0.29, 0.717) is 12.5 Å². The van der Waals surface area contributed by atoms with Gasteiger partial charge in [-0.15, -0.1) is 0 Å². The molecule has 1 saturated heterocycles. The van der Waals surface area contributed by atoms with Gasteiger partial charge in [0.15, 0.2) is 0 Å². The topological polar surface area (TPSA) is 66.1 Å². The smallest absolute Gasteiger partial charge is 0.145 e. The summed E-state index contributed by atoms with van der Waals surface area (Å²) < 4.78 is 19.2. The van der Waals surface area contributed by atoms with Crippen LogP contribution in [0.15, 0.2) is 53.0 Å². The molecule has 176 valence electrons. The number of halogens is 1. The van der Waals surface area contributed by atoms with Gasteiger partial charge >= 0.3 is 0 Å². The molecule has 2 aliphatic rings. The number of hydrazine groups is 1. The van der Waals surface area contributed by atoms with Crippen LogP contribution in [0.5, 0.6) is 5.75 Å². The summed E-state index contributed by atoms with van der Waals surface area (Å²) in [7, 11) is 1.68. The largest absolute Gasteiger partial charge is 0.495 e. The van der Waals surface area contributed by atoms with Crippen LogP contribution in [0.3, 0.4) is 0 Å². The number of fused-ring (bicyclic) bond motifs is 1. The van der Waals surface area contributed by atoms with Crippen molar-refractivity contribution in [2.24, 2.45) is 16.6 Å². The van der Waals surface area contributed by atoms with E-state index in [9.17, 15) is 4.39 Å². The summed E-state index contributed by atoms with van der Waals surface area (Å²) in [5, 5.41) is 7.86. The van der Waals surface area contributed by atoms with Gasteiger partial charge in [-0.3, -0.25) is 15.0 Å². The fourth-order valence-electron chi connectivity index (χ4n) is 4.33. The SMILES string of the molecule is COc1cc(/C=C2\CCCN3C2=NCC(C)CN3c2ccc(F)cc2)ccc1NCC(C)N. The quantitative estimate of drug-likeness (QED) is 0.675. The van der Waals surface area contributed by atoms with Crippen LogP contribution in [-0.4, -0.2) is 50.2 Å². The first-order valence-electron chi connectivity index (χ1n) is 11.7. The summed E-state index contributed by atoms with van der Waals surface area (Å²) in [4.78, 5) is 5.01. The number of piperidine rings is 1. The third-order valence-corrected chi connectivity index (χ3v) is 5.98. The van der Waals surface area contributed by atoms with Crippen molar-refractivity contribution in [2.75, 3.05) is 43.6 Å². The Morgan fingerprint density at radius 3 is 2.76 bits per heavy atom. The highest BCUT2D eigenvalue weighted by Gasteiger charge is 2.30. The molecule has 4 rings (SSSR count). The van der Waals surface area contributed by atoms with Crippen molar-refractivity contribution in [2.45, 2.75) is 32.7 Å². The average molecular weight is 452 g/mol. The van der Waals surface area contributed by atoms with Gasteiger partial charge in [0.05, 0.1) is 18.5 Å². The summed E-state index contributed by atoms with van der Waals surface area (Å²) in [6.07, 6.45) is 4.21. The van der Waals surface area contributed by atoms with Crippen LogP contribution in [0.4, 0.5) is 15.8 Å². The highest BCUT2D eigenvalue weighted by atomic mass is 19.1. The number of benzene rings is 2. The Labute approximate surface area is 195 Å². The predicted octanol–water partition coefficient (Wildman–Crippen LogP) is 4.54. The number of hydrogen-bond donors (Lipinski definition) is 2. The number of nitrogens with one attached hydrogen (secondary N) is 1. The predicted molar refractivity (Wildman–Crippen MR) is 134 cm³/mol. The molecule has 2 heterocycles.